The molecule has 0 heterocycles. The highest BCUT2D eigenvalue weighted by Gasteiger charge is 2.33. The van der Waals surface area contributed by atoms with Crippen LogP contribution in [0.2, 0.25) is 0 Å². The van der Waals surface area contributed by atoms with E-state index in [9.17, 15) is 9.90 Å². The molecule has 0 saturated carbocycles. The summed E-state index contributed by atoms with van der Waals surface area (Å²) in [6, 6.07) is 23.5. The van der Waals surface area contributed by atoms with E-state index < -0.39 is 12.2 Å². The number of ether oxygens (including phenoxy) is 2. The average molecular weight is 511 g/mol. The zero-order valence-electron chi connectivity index (χ0n) is 21.0. The molecular weight excluding hydrogens is 476 g/mol. The van der Waals surface area contributed by atoms with E-state index >= 15 is 0 Å². The molecule has 0 aliphatic heterocycles. The van der Waals surface area contributed by atoms with Crippen molar-refractivity contribution < 1.29 is 19.4 Å². The molecular formula is C29H35ClN2O4. The summed E-state index contributed by atoms with van der Waals surface area (Å²) < 4.78 is 11.8. The van der Waals surface area contributed by atoms with E-state index in [0.717, 1.165) is 28.7 Å². The monoisotopic (exact) mass is 510 g/mol. The molecule has 0 radical (unpaired) electrons. The van der Waals surface area contributed by atoms with Crippen LogP contribution < -0.4 is 15.0 Å². The van der Waals surface area contributed by atoms with Crippen LogP contribution in [-0.2, 0) is 24.4 Å². The van der Waals surface area contributed by atoms with E-state index in [-0.39, 0.29) is 31.1 Å². The number of hydrogen-bond acceptors (Lipinski definition) is 5. The van der Waals surface area contributed by atoms with Gasteiger partial charge in [0.25, 0.3) is 0 Å². The van der Waals surface area contributed by atoms with Crippen LogP contribution in [0.25, 0.3) is 0 Å². The lowest BCUT2D eigenvalue weighted by Crippen LogP contribution is -2.42. The number of hydrogen-bond donors (Lipinski definition) is 2. The summed E-state index contributed by atoms with van der Waals surface area (Å²) in [6.45, 7) is 4.71. The normalized spacial score (nSPS) is 16.6. The van der Waals surface area contributed by atoms with Gasteiger partial charge in [-0.25, -0.2) is 4.79 Å². The Balaban J connectivity index is 0.00000361. The largest absolute Gasteiger partial charge is 0.487 e. The van der Waals surface area contributed by atoms with Crippen molar-refractivity contribution in [1.29, 1.82) is 0 Å². The molecule has 0 aromatic heterocycles. The van der Waals surface area contributed by atoms with Crippen LogP contribution in [0.5, 0.6) is 5.75 Å². The van der Waals surface area contributed by atoms with Crippen LogP contribution in [0.3, 0.4) is 0 Å². The molecule has 2 atom stereocenters. The second kappa shape index (κ2) is 12.8. The summed E-state index contributed by atoms with van der Waals surface area (Å²) in [4.78, 5) is 14.6. The first-order valence-electron chi connectivity index (χ1n) is 12.1. The number of fused-ring (bicyclic) bond motifs is 1. The van der Waals surface area contributed by atoms with E-state index in [1.807, 2.05) is 72.8 Å². The molecule has 0 saturated heterocycles. The van der Waals surface area contributed by atoms with Gasteiger partial charge < -0.3 is 19.9 Å². The molecule has 36 heavy (non-hydrogen) atoms. The summed E-state index contributed by atoms with van der Waals surface area (Å²) in [5.41, 5.74) is 4.34. The lowest BCUT2D eigenvalue weighted by molar-refractivity contribution is 0.110. The number of nitrogens with one attached hydrogen (secondary N) is 1. The molecule has 7 heteroatoms. The summed E-state index contributed by atoms with van der Waals surface area (Å²) in [5.74, 6) is 0.592. The van der Waals surface area contributed by atoms with Gasteiger partial charge in [0.1, 0.15) is 19.0 Å². The van der Waals surface area contributed by atoms with E-state index in [0.29, 0.717) is 24.5 Å². The van der Waals surface area contributed by atoms with Crippen LogP contribution >= 0.6 is 12.4 Å². The molecule has 1 aliphatic rings. The Morgan fingerprint density at radius 2 is 1.61 bits per heavy atom. The molecule has 2 unspecified atom stereocenters. The fourth-order valence-electron chi connectivity index (χ4n) is 4.57. The van der Waals surface area contributed by atoms with Crippen molar-refractivity contribution in [3.05, 3.63) is 95.1 Å². The predicted octanol–water partition coefficient (Wildman–Crippen LogP) is 5.81. The third kappa shape index (κ3) is 6.58. The maximum atomic E-state index is 13.1. The molecule has 1 amide bonds. The Morgan fingerprint density at radius 3 is 2.22 bits per heavy atom. The lowest BCUT2D eigenvalue weighted by atomic mass is 9.84. The number of benzene rings is 3. The van der Waals surface area contributed by atoms with Crippen molar-refractivity contribution in [2.75, 3.05) is 11.9 Å². The average Bonchev–Trinajstić information content (AvgIpc) is 2.88. The fraction of sp³-hybridized carbons (Fsp3) is 0.345. The Hall–Kier alpha value is -3.06. The van der Waals surface area contributed by atoms with Gasteiger partial charge in [-0.15, -0.1) is 12.4 Å². The predicted molar refractivity (Wildman–Crippen MR) is 145 cm³/mol. The maximum Gasteiger partial charge on any atom is 0.414 e. The molecule has 3 aromatic carbocycles. The number of anilines is 1. The highest BCUT2D eigenvalue weighted by Crippen LogP contribution is 2.42. The second-order valence-electron chi connectivity index (χ2n) is 9.26. The van der Waals surface area contributed by atoms with Crippen molar-refractivity contribution >= 4 is 24.2 Å². The van der Waals surface area contributed by atoms with Crippen molar-refractivity contribution in [3.8, 4) is 5.75 Å². The number of aliphatic hydroxyl groups excluding tert-OH is 1. The van der Waals surface area contributed by atoms with Crippen LogP contribution in [0.4, 0.5) is 10.5 Å². The van der Waals surface area contributed by atoms with Gasteiger partial charge in [-0.1, -0.05) is 80.6 Å². The van der Waals surface area contributed by atoms with Crippen LogP contribution in [0, 0.1) is 0 Å². The fourth-order valence-corrected chi connectivity index (χ4v) is 4.57. The first-order chi connectivity index (χ1) is 16.9. The molecule has 6 nitrogen and oxygen atoms in total. The number of carbonyl (C=O) groups excluding carboxylic acids is 1. The third-order valence-corrected chi connectivity index (χ3v) is 6.29. The van der Waals surface area contributed by atoms with Gasteiger partial charge in [0.05, 0.1) is 11.8 Å². The Morgan fingerprint density at radius 1 is 1.00 bits per heavy atom. The first kappa shape index (κ1) is 27.5. The molecule has 192 valence electrons. The van der Waals surface area contributed by atoms with Crippen molar-refractivity contribution in [1.82, 2.24) is 5.32 Å². The molecule has 2 N–H and O–H groups in total. The van der Waals surface area contributed by atoms with Crippen molar-refractivity contribution in [2.45, 2.75) is 58.1 Å². The number of carbonyl (C=O) groups is 1. The minimum absolute atomic E-state index is 0. The van der Waals surface area contributed by atoms with E-state index in [1.54, 1.807) is 7.05 Å². The van der Waals surface area contributed by atoms with Crippen LogP contribution in [0.1, 0.15) is 48.6 Å². The minimum Gasteiger partial charge on any atom is -0.487 e. The van der Waals surface area contributed by atoms with E-state index in [1.165, 1.54) is 4.90 Å². The third-order valence-electron chi connectivity index (χ3n) is 6.29. The summed E-state index contributed by atoms with van der Waals surface area (Å²) >= 11 is 0. The number of rotatable bonds is 8. The highest BCUT2D eigenvalue weighted by molar-refractivity contribution is 5.91. The van der Waals surface area contributed by atoms with E-state index in [4.69, 9.17) is 9.47 Å². The first-order valence-corrected chi connectivity index (χ1v) is 12.1. The molecule has 4 rings (SSSR count). The molecule has 1 aliphatic carbocycles. The standard InChI is InChI=1S/C29H34N2O4.ClH/c1-20(2)30-25-16-14-23-24(28(25)32)15-17-26(34-18-21-10-6-4-7-11-21)27(23)31(3)29(33)35-19-22-12-8-5-9-13-22;/h4-13,15,17,20,25,28,30,32H,14,16,18-19H2,1-3H3;1H. The van der Waals surface area contributed by atoms with Crippen molar-refractivity contribution in [3.63, 3.8) is 0 Å². The SMILES string of the molecule is CC(C)NC1CCc2c(ccc(OCc3ccccc3)c2N(C)C(=O)OCc2ccccc2)C1O.Cl. The molecule has 0 bridgehead atoms. The van der Waals surface area contributed by atoms with Gasteiger partial charge in [-0.2, -0.15) is 0 Å². The van der Waals surface area contributed by atoms with Gasteiger partial charge in [-0.05, 0) is 41.2 Å². The second-order valence-corrected chi connectivity index (χ2v) is 9.26. The number of amides is 1. The minimum atomic E-state index is -0.670. The Kier molecular flexibility index (Phi) is 9.76. The van der Waals surface area contributed by atoms with Crippen molar-refractivity contribution in [2.24, 2.45) is 0 Å². The van der Waals surface area contributed by atoms with Gasteiger partial charge >= 0.3 is 6.09 Å². The Labute approximate surface area is 219 Å². The quantitative estimate of drug-likeness (QED) is 0.400. The lowest BCUT2D eigenvalue weighted by Gasteiger charge is -2.35. The summed E-state index contributed by atoms with van der Waals surface area (Å²) in [7, 11) is 1.70. The number of halogens is 1. The van der Waals surface area contributed by atoms with Crippen LogP contribution in [-0.4, -0.2) is 30.3 Å². The van der Waals surface area contributed by atoms with Crippen LogP contribution in [0.15, 0.2) is 72.8 Å². The van der Waals surface area contributed by atoms with E-state index in [2.05, 4.69) is 19.2 Å². The molecule has 0 spiro atoms. The number of nitrogens with zero attached hydrogens (tertiary/aromatic N) is 1. The topological polar surface area (TPSA) is 71.0 Å². The zero-order chi connectivity index (χ0) is 24.8. The number of aliphatic hydroxyl groups is 1. The maximum absolute atomic E-state index is 13.1. The summed E-state index contributed by atoms with van der Waals surface area (Å²) in [5, 5.41) is 14.6. The molecule has 0 fully saturated rings. The highest BCUT2D eigenvalue weighted by atomic mass is 35.5. The zero-order valence-corrected chi connectivity index (χ0v) is 21.8. The van der Waals surface area contributed by atoms with Gasteiger partial charge in [0, 0.05) is 19.1 Å². The smallest absolute Gasteiger partial charge is 0.414 e. The van der Waals surface area contributed by atoms with Gasteiger partial charge in [-0.3, -0.25) is 4.90 Å². The van der Waals surface area contributed by atoms with Gasteiger partial charge in [0.2, 0.25) is 0 Å². The summed E-state index contributed by atoms with van der Waals surface area (Å²) in [6.07, 6.45) is 0.333. The molecule has 3 aromatic rings. The van der Waals surface area contributed by atoms with Gasteiger partial charge in [0.15, 0.2) is 0 Å². The Bertz CT molecular complexity index is 1120.